The van der Waals surface area contributed by atoms with Gasteiger partial charge in [-0.1, -0.05) is 74.5 Å². The minimum atomic E-state index is -2.45. The molecule has 0 radical (unpaired) electrons. The van der Waals surface area contributed by atoms with Gasteiger partial charge in [0.25, 0.3) is 19.9 Å². The van der Waals surface area contributed by atoms with Crippen molar-refractivity contribution in [2.24, 2.45) is 0 Å². The molecule has 230 valence electrons. The summed E-state index contributed by atoms with van der Waals surface area (Å²) >= 11 is 0. The van der Waals surface area contributed by atoms with Gasteiger partial charge in [-0.2, -0.15) is 0 Å². The van der Waals surface area contributed by atoms with Crippen LogP contribution >= 0.6 is 0 Å². The number of nitrogens with zero attached hydrogens (tertiary/aromatic N) is 2. The number of carbonyl (C=O) groups is 1. The normalized spacial score (nSPS) is 16.7. The van der Waals surface area contributed by atoms with Crippen molar-refractivity contribution in [1.82, 2.24) is 4.90 Å². The number of allylic oxidation sites excluding steroid dienone is 2. The number of carbonyl (C=O) groups excluding carboxylic acids is 1. The molecule has 0 saturated carbocycles. The molecule has 0 bridgehead atoms. The molecule has 0 unspecified atom stereocenters. The van der Waals surface area contributed by atoms with Crippen LogP contribution in [0.2, 0.25) is 34.8 Å². The number of benzene rings is 1. The maximum Gasteiger partial charge on any atom is 0.286 e. The molecule has 8 nitrogen and oxygen atoms in total. The second kappa shape index (κ2) is 13.3. The Hall–Kier alpha value is -2.44. The molecule has 1 amide bonds. The lowest BCUT2D eigenvalue weighted by molar-refractivity contribution is -0.385. The van der Waals surface area contributed by atoms with Crippen LogP contribution in [0.25, 0.3) is 0 Å². The van der Waals surface area contributed by atoms with Crippen LogP contribution in [0.3, 0.4) is 0 Å². The highest BCUT2D eigenvalue weighted by atomic mass is 28.4. The maximum absolute atomic E-state index is 14.1. The summed E-state index contributed by atoms with van der Waals surface area (Å²) in [5, 5.41) is 12.4. The fraction of sp³-hybridized carbons (Fsp3) is 0.645. The number of hydrogen-bond donors (Lipinski definition) is 0. The van der Waals surface area contributed by atoms with Crippen LogP contribution in [-0.4, -0.2) is 52.1 Å². The van der Waals surface area contributed by atoms with E-state index < -0.39 is 27.5 Å². The zero-order valence-corrected chi connectivity index (χ0v) is 29.5. The summed E-state index contributed by atoms with van der Waals surface area (Å²) in [4.78, 5) is 27.5. The van der Waals surface area contributed by atoms with Gasteiger partial charge < -0.3 is 18.5 Å². The predicted molar refractivity (Wildman–Crippen MR) is 172 cm³/mol. The van der Waals surface area contributed by atoms with Crippen molar-refractivity contribution in [3.8, 4) is 11.5 Å². The van der Waals surface area contributed by atoms with Crippen LogP contribution in [0, 0.1) is 10.1 Å². The smallest absolute Gasteiger partial charge is 0.286 e. The van der Waals surface area contributed by atoms with Crippen molar-refractivity contribution >= 4 is 28.2 Å². The Balaban J connectivity index is 2.61. The van der Waals surface area contributed by atoms with Gasteiger partial charge in [-0.3, -0.25) is 14.9 Å². The third-order valence-corrected chi connectivity index (χ3v) is 19.4. The summed E-state index contributed by atoms with van der Waals surface area (Å²) in [7, 11) is -3.02. The Bertz CT molecular complexity index is 1150. The fourth-order valence-electron chi connectivity index (χ4n) is 5.71. The van der Waals surface area contributed by atoms with E-state index in [0.717, 1.165) is 5.57 Å². The largest absolute Gasteiger partial charge is 0.540 e. The Kier molecular flexibility index (Phi) is 11.2. The molecule has 1 atom stereocenters. The molecule has 1 aromatic carbocycles. The van der Waals surface area contributed by atoms with E-state index >= 15 is 0 Å². The SMILES string of the molecule is CC=CC1=CN(C(=O)c2cc(OC)c(O[Si](C(C)C)(C(C)C)C(C)C)cc2[N+](=O)[O-])[C@H](CO[Si](C)(C)C(C)(C)C)C1. The molecular weight excluding hydrogens is 553 g/mol. The quantitative estimate of drug-likeness (QED) is 0.134. The van der Waals surface area contributed by atoms with Crippen LogP contribution in [0.4, 0.5) is 5.69 Å². The molecule has 1 aromatic rings. The summed E-state index contributed by atoms with van der Waals surface area (Å²) in [6.45, 7) is 26.1. The Morgan fingerprint density at radius 3 is 2.10 bits per heavy atom. The van der Waals surface area contributed by atoms with Crippen LogP contribution in [0.5, 0.6) is 11.5 Å². The fourth-order valence-corrected chi connectivity index (χ4v) is 12.0. The molecule has 2 rings (SSSR count). The lowest BCUT2D eigenvalue weighted by atomic mass is 10.1. The Morgan fingerprint density at radius 2 is 1.66 bits per heavy atom. The van der Waals surface area contributed by atoms with Crippen LogP contribution in [0.1, 0.15) is 86.0 Å². The van der Waals surface area contributed by atoms with E-state index in [0.29, 0.717) is 24.5 Å². The molecule has 0 fully saturated rings. The number of methoxy groups -OCH3 is 1. The van der Waals surface area contributed by atoms with E-state index in [-0.39, 0.29) is 39.0 Å². The summed E-state index contributed by atoms with van der Waals surface area (Å²) in [6.07, 6.45) is 6.29. The van der Waals surface area contributed by atoms with E-state index in [1.54, 1.807) is 11.1 Å². The molecule has 0 saturated heterocycles. The second-order valence-corrected chi connectivity index (χ2v) is 23.7. The highest BCUT2D eigenvalue weighted by molar-refractivity contribution is 6.78. The Morgan fingerprint density at radius 1 is 1.10 bits per heavy atom. The maximum atomic E-state index is 14.1. The molecule has 0 aliphatic carbocycles. The van der Waals surface area contributed by atoms with Crippen LogP contribution in [-0.2, 0) is 4.43 Å². The summed E-state index contributed by atoms with van der Waals surface area (Å²) in [5.74, 6) is 0.191. The number of rotatable bonds is 12. The van der Waals surface area contributed by atoms with E-state index in [1.807, 2.05) is 19.1 Å². The van der Waals surface area contributed by atoms with Crippen molar-refractivity contribution in [1.29, 1.82) is 0 Å². The average molecular weight is 605 g/mol. The second-order valence-electron chi connectivity index (χ2n) is 13.5. The number of hydrogen-bond acceptors (Lipinski definition) is 6. The van der Waals surface area contributed by atoms with Crippen molar-refractivity contribution < 1.29 is 23.3 Å². The summed E-state index contributed by atoms with van der Waals surface area (Å²) in [6, 6.07) is 2.59. The van der Waals surface area contributed by atoms with Crippen molar-refractivity contribution in [3.63, 3.8) is 0 Å². The number of nitro groups is 1. The lowest BCUT2D eigenvalue weighted by Crippen LogP contribution is -2.50. The number of amides is 1. The lowest BCUT2D eigenvalue weighted by Gasteiger charge is -2.42. The van der Waals surface area contributed by atoms with E-state index in [9.17, 15) is 14.9 Å². The van der Waals surface area contributed by atoms with Crippen LogP contribution in [0.15, 0.2) is 36.1 Å². The molecule has 0 aromatic heterocycles. The Labute approximate surface area is 249 Å². The molecule has 10 heteroatoms. The van der Waals surface area contributed by atoms with Gasteiger partial charge in [-0.05, 0) is 53.7 Å². The van der Waals surface area contributed by atoms with E-state index in [2.05, 4.69) is 75.4 Å². The number of ether oxygens (including phenoxy) is 1. The van der Waals surface area contributed by atoms with Gasteiger partial charge in [0, 0.05) is 12.3 Å². The molecule has 41 heavy (non-hydrogen) atoms. The highest BCUT2D eigenvalue weighted by Gasteiger charge is 2.48. The molecular formula is C31H52N2O6Si2. The van der Waals surface area contributed by atoms with Gasteiger partial charge in [0.1, 0.15) is 5.56 Å². The van der Waals surface area contributed by atoms with E-state index in [4.69, 9.17) is 13.6 Å². The number of nitro benzene ring substituents is 1. The molecule has 1 aliphatic rings. The van der Waals surface area contributed by atoms with Crippen molar-refractivity contribution in [2.75, 3.05) is 13.7 Å². The van der Waals surface area contributed by atoms with Gasteiger partial charge in [-0.15, -0.1) is 0 Å². The molecule has 0 spiro atoms. The molecule has 1 heterocycles. The third kappa shape index (κ3) is 7.32. The third-order valence-electron chi connectivity index (χ3n) is 8.93. The van der Waals surface area contributed by atoms with E-state index in [1.165, 1.54) is 19.2 Å². The van der Waals surface area contributed by atoms with Crippen LogP contribution < -0.4 is 9.16 Å². The average Bonchev–Trinajstić information content (AvgIpc) is 3.26. The van der Waals surface area contributed by atoms with Crippen molar-refractivity contribution in [2.45, 2.75) is 116 Å². The zero-order valence-electron chi connectivity index (χ0n) is 27.5. The zero-order chi connectivity index (χ0) is 31.5. The minimum Gasteiger partial charge on any atom is -0.540 e. The first-order chi connectivity index (χ1) is 18.8. The van der Waals surface area contributed by atoms with Crippen molar-refractivity contribution in [3.05, 3.63) is 51.7 Å². The van der Waals surface area contributed by atoms with Gasteiger partial charge >= 0.3 is 0 Å². The van der Waals surface area contributed by atoms with Gasteiger partial charge in [-0.25, -0.2) is 0 Å². The first kappa shape index (κ1) is 34.8. The summed E-state index contributed by atoms with van der Waals surface area (Å²) < 4.78 is 19.0. The predicted octanol–water partition coefficient (Wildman–Crippen LogP) is 8.85. The minimum absolute atomic E-state index is 0.0164. The van der Waals surface area contributed by atoms with Gasteiger partial charge in [0.15, 0.2) is 19.8 Å². The monoisotopic (exact) mass is 604 g/mol. The van der Waals surface area contributed by atoms with Gasteiger partial charge in [0.05, 0.1) is 30.7 Å². The topological polar surface area (TPSA) is 91.1 Å². The standard InChI is InChI=1S/C31H52N2O6Si2/c1-14-15-24-16-25(20-38-40(12,13)31(8,9)10)32(19-24)30(34)26-17-28(37-11)29(18-27(26)33(35)36)39-41(21(2)3,22(4)5)23(6)7/h14-15,17-19,21-23,25H,16,20H2,1-13H3/t25-/m0/s1. The highest BCUT2D eigenvalue weighted by Crippen LogP contribution is 2.46. The summed E-state index contributed by atoms with van der Waals surface area (Å²) in [5.41, 5.74) is 1.43. The van der Waals surface area contributed by atoms with Gasteiger partial charge in [0.2, 0.25) is 0 Å². The first-order valence-electron chi connectivity index (χ1n) is 14.7. The molecule has 0 N–H and O–H groups in total. The first-order valence-corrected chi connectivity index (χ1v) is 19.7. The molecule has 1 aliphatic heterocycles.